The van der Waals surface area contributed by atoms with Gasteiger partial charge in [0.1, 0.15) is 21.3 Å². The van der Waals surface area contributed by atoms with Crippen molar-refractivity contribution < 1.29 is 4.42 Å². The predicted molar refractivity (Wildman–Crippen MR) is 69.7 cm³/mol. The van der Waals surface area contributed by atoms with Crippen LogP contribution >= 0.6 is 34.8 Å². The topological polar surface area (TPSA) is 56.0 Å². The van der Waals surface area contributed by atoms with Gasteiger partial charge in [0.2, 0.25) is 11.1 Å². The lowest BCUT2D eigenvalue weighted by atomic mass is 10.2. The molecule has 0 spiro atoms. The van der Waals surface area contributed by atoms with E-state index in [2.05, 4.69) is 9.97 Å². The van der Waals surface area contributed by atoms with Gasteiger partial charge < -0.3 is 4.42 Å². The second-order valence-electron chi connectivity index (χ2n) is 3.49. The van der Waals surface area contributed by atoms with E-state index in [1.807, 2.05) is 0 Å². The van der Waals surface area contributed by atoms with E-state index in [4.69, 9.17) is 39.2 Å². The third-order valence-electron chi connectivity index (χ3n) is 2.40. The number of nitrogens with zero attached hydrogens (tertiary/aromatic N) is 2. The van der Waals surface area contributed by atoms with Crippen LogP contribution in [0.5, 0.6) is 0 Å². The van der Waals surface area contributed by atoms with E-state index in [-0.39, 0.29) is 32.2 Å². The highest BCUT2D eigenvalue weighted by atomic mass is 35.5. The molecule has 18 heavy (non-hydrogen) atoms. The fourth-order valence-electron chi connectivity index (χ4n) is 1.56. The van der Waals surface area contributed by atoms with Crippen LogP contribution in [0.3, 0.4) is 0 Å². The first-order valence-corrected chi connectivity index (χ1v) is 5.95. The number of halogens is 3. The Hall–Kier alpha value is -1.36. The molecule has 2 heterocycles. The second-order valence-corrected chi connectivity index (χ2v) is 4.62. The van der Waals surface area contributed by atoms with Gasteiger partial charge in [0.15, 0.2) is 5.76 Å². The van der Waals surface area contributed by atoms with E-state index in [1.165, 1.54) is 0 Å². The van der Waals surface area contributed by atoms with Gasteiger partial charge in [-0.1, -0.05) is 34.8 Å². The smallest absolute Gasteiger partial charge is 0.245 e. The lowest BCUT2D eigenvalue weighted by Crippen LogP contribution is -2.07. The summed E-state index contributed by atoms with van der Waals surface area (Å²) in [4.78, 5) is 19.9. The molecule has 0 bridgehead atoms. The molecular formula is C11H3Cl3N2O2. The Morgan fingerprint density at radius 1 is 1.11 bits per heavy atom. The zero-order chi connectivity index (χ0) is 12.9. The summed E-state index contributed by atoms with van der Waals surface area (Å²) in [5.74, 6) is 0.0854. The van der Waals surface area contributed by atoms with Gasteiger partial charge in [-0.25, -0.2) is 9.97 Å². The predicted octanol–water partition coefficient (Wildman–Crippen LogP) is 3.65. The highest BCUT2D eigenvalue weighted by molar-refractivity contribution is 6.45. The summed E-state index contributed by atoms with van der Waals surface area (Å²) in [5.41, 5.74) is 0.422. The summed E-state index contributed by atoms with van der Waals surface area (Å²) in [6.45, 7) is 0. The van der Waals surface area contributed by atoms with Crippen molar-refractivity contribution in [3.8, 4) is 11.5 Å². The van der Waals surface area contributed by atoms with Crippen LogP contribution in [0.2, 0.25) is 15.1 Å². The van der Waals surface area contributed by atoms with Gasteiger partial charge in [-0.3, -0.25) is 4.79 Å². The molecule has 1 aliphatic carbocycles. The van der Waals surface area contributed by atoms with Crippen molar-refractivity contribution in [1.29, 1.82) is 0 Å². The van der Waals surface area contributed by atoms with E-state index in [9.17, 15) is 4.79 Å². The second kappa shape index (κ2) is 4.09. The lowest BCUT2D eigenvalue weighted by Gasteiger charge is -2.09. The summed E-state index contributed by atoms with van der Waals surface area (Å²) >= 11 is 17.6. The molecule has 0 atom stereocenters. The van der Waals surface area contributed by atoms with Gasteiger partial charge in [0.25, 0.3) is 0 Å². The standard InChI is InChI=1S/C11H3Cl3N2O2/c12-5-6(13)9(17)7(14)10-8(5)16-4-2-1-3-15-11(4)18-10/h1-3H. The Labute approximate surface area is 115 Å². The van der Waals surface area contributed by atoms with Crippen molar-refractivity contribution in [2.45, 2.75) is 0 Å². The monoisotopic (exact) mass is 300 g/mol. The quantitative estimate of drug-likeness (QED) is 0.470. The number of hydrogen-bond acceptors (Lipinski definition) is 4. The molecular weight excluding hydrogens is 298 g/mol. The lowest BCUT2D eigenvalue weighted by molar-refractivity contribution is 0.599. The van der Waals surface area contributed by atoms with Crippen LogP contribution in [0.25, 0.3) is 22.7 Å². The van der Waals surface area contributed by atoms with E-state index in [1.54, 1.807) is 18.3 Å². The maximum Gasteiger partial charge on any atom is 0.245 e. The number of aromatic nitrogens is 2. The van der Waals surface area contributed by atoms with Crippen molar-refractivity contribution in [3.05, 3.63) is 43.6 Å². The van der Waals surface area contributed by atoms with Crippen molar-refractivity contribution in [1.82, 2.24) is 9.97 Å². The average Bonchev–Trinajstić information content (AvgIpc) is 2.41. The SMILES string of the molecule is O=c1c(Cl)c2oc3ncccc3nc-2c(Cl)c1Cl. The van der Waals surface area contributed by atoms with Crippen LogP contribution in [-0.4, -0.2) is 9.97 Å². The minimum absolute atomic E-state index is 0.0237. The summed E-state index contributed by atoms with van der Waals surface area (Å²) in [6, 6.07) is 3.41. The van der Waals surface area contributed by atoms with Gasteiger partial charge in [-0.05, 0) is 12.1 Å². The molecule has 2 aliphatic rings. The molecule has 0 saturated heterocycles. The molecule has 0 N–H and O–H groups in total. The van der Waals surface area contributed by atoms with Crippen LogP contribution < -0.4 is 5.43 Å². The Bertz CT molecular complexity index is 800. The summed E-state index contributed by atoms with van der Waals surface area (Å²) in [7, 11) is 0. The van der Waals surface area contributed by atoms with Gasteiger partial charge in [-0.2, -0.15) is 0 Å². The molecule has 1 aliphatic heterocycles. The Balaban J connectivity index is 2.58. The van der Waals surface area contributed by atoms with Crippen molar-refractivity contribution in [3.63, 3.8) is 0 Å². The average molecular weight is 302 g/mol. The van der Waals surface area contributed by atoms with Gasteiger partial charge in [-0.15, -0.1) is 0 Å². The maximum absolute atomic E-state index is 11.7. The fraction of sp³-hybridized carbons (Fsp3) is 0. The number of rotatable bonds is 0. The molecule has 1 aromatic rings. The molecule has 0 aromatic carbocycles. The molecule has 3 rings (SSSR count). The first kappa shape index (κ1) is 11.7. The summed E-state index contributed by atoms with van der Waals surface area (Å²) in [6.07, 6.45) is 1.54. The molecule has 0 unspecified atom stereocenters. The third-order valence-corrected chi connectivity index (χ3v) is 3.56. The van der Waals surface area contributed by atoms with Crippen LogP contribution in [0.4, 0.5) is 0 Å². The van der Waals surface area contributed by atoms with E-state index in [0.717, 1.165) is 0 Å². The maximum atomic E-state index is 11.7. The zero-order valence-corrected chi connectivity index (χ0v) is 10.8. The molecule has 0 amide bonds. The fourth-order valence-corrected chi connectivity index (χ4v) is 2.23. The van der Waals surface area contributed by atoms with Gasteiger partial charge >= 0.3 is 0 Å². The molecule has 1 aromatic heterocycles. The molecule has 4 nitrogen and oxygen atoms in total. The van der Waals surface area contributed by atoms with E-state index in [0.29, 0.717) is 5.52 Å². The largest absolute Gasteiger partial charge is 0.433 e. The normalized spacial score (nSPS) is 11.3. The van der Waals surface area contributed by atoms with Crippen LogP contribution in [0, 0.1) is 0 Å². The molecule has 0 fully saturated rings. The van der Waals surface area contributed by atoms with Crippen LogP contribution in [-0.2, 0) is 0 Å². The summed E-state index contributed by atoms with van der Waals surface area (Å²) in [5, 5.41) is -0.296. The summed E-state index contributed by atoms with van der Waals surface area (Å²) < 4.78 is 5.44. The van der Waals surface area contributed by atoms with Gasteiger partial charge in [0.05, 0.1) is 5.02 Å². The first-order valence-electron chi connectivity index (χ1n) is 4.81. The Morgan fingerprint density at radius 3 is 2.67 bits per heavy atom. The van der Waals surface area contributed by atoms with Crippen LogP contribution in [0.15, 0.2) is 27.5 Å². The zero-order valence-electron chi connectivity index (χ0n) is 8.58. The minimum Gasteiger partial charge on any atom is -0.433 e. The molecule has 0 saturated carbocycles. The number of benzene rings is 1. The van der Waals surface area contributed by atoms with E-state index >= 15 is 0 Å². The van der Waals surface area contributed by atoms with E-state index < -0.39 is 5.43 Å². The van der Waals surface area contributed by atoms with Gasteiger partial charge in [0, 0.05) is 6.20 Å². The molecule has 7 heteroatoms. The van der Waals surface area contributed by atoms with Crippen molar-refractivity contribution in [2.75, 3.05) is 0 Å². The highest BCUT2D eigenvalue weighted by Gasteiger charge is 2.23. The molecule has 0 radical (unpaired) electrons. The van der Waals surface area contributed by atoms with Crippen LogP contribution in [0.1, 0.15) is 0 Å². The number of fused-ring (bicyclic) bond motifs is 2. The Morgan fingerprint density at radius 2 is 1.89 bits per heavy atom. The molecule has 90 valence electrons. The first-order chi connectivity index (χ1) is 8.59. The van der Waals surface area contributed by atoms with Crippen molar-refractivity contribution in [2.24, 2.45) is 0 Å². The third kappa shape index (κ3) is 1.57. The highest BCUT2D eigenvalue weighted by Crippen LogP contribution is 2.37. The van der Waals surface area contributed by atoms with Crippen molar-refractivity contribution >= 4 is 46.0 Å². The number of hydrogen-bond donors (Lipinski definition) is 0. The number of pyridine rings is 1. The Kier molecular flexibility index (Phi) is 2.66. The minimum atomic E-state index is -0.586.